The summed E-state index contributed by atoms with van der Waals surface area (Å²) in [6.07, 6.45) is 0.569. The molecule has 1 rings (SSSR count). The zero-order valence-electron chi connectivity index (χ0n) is 16.0. The summed E-state index contributed by atoms with van der Waals surface area (Å²) in [5, 5.41) is 12.0. The standard InChI is InChI=1S/C16H21IN2O4.C2H7N/c1-12(15(20)18(2)3)8-9-19(16(21)22)10-11-23-14-6-4-13(17)5-7-14;1-3-2/h4-8H,9-11H2,1-3H3,(H,21,22);3H,1-2H3/b12-8+;. The molecule has 8 heteroatoms. The van der Waals surface area contributed by atoms with Crippen LogP contribution in [0.1, 0.15) is 6.92 Å². The molecule has 0 aliphatic rings. The SMILES string of the molecule is C/C(=C\CN(CCOc1ccc(I)cc1)C(=O)O)C(=O)N(C)C.CNC. The Kier molecular flexibility index (Phi) is 12.5. The fourth-order valence-corrected chi connectivity index (χ4v) is 2.12. The topological polar surface area (TPSA) is 82.1 Å². The second-order valence-corrected chi connectivity index (χ2v) is 6.86. The Bertz CT molecular complexity index is 589. The summed E-state index contributed by atoms with van der Waals surface area (Å²) in [5.41, 5.74) is 0.514. The van der Waals surface area contributed by atoms with Gasteiger partial charge in [-0.1, -0.05) is 6.08 Å². The van der Waals surface area contributed by atoms with Gasteiger partial charge in [0.1, 0.15) is 12.4 Å². The van der Waals surface area contributed by atoms with Crippen LogP contribution in [0, 0.1) is 3.57 Å². The lowest BCUT2D eigenvalue weighted by atomic mass is 10.2. The van der Waals surface area contributed by atoms with Crippen molar-refractivity contribution in [3.63, 3.8) is 0 Å². The quantitative estimate of drug-likeness (QED) is 0.466. The van der Waals surface area contributed by atoms with E-state index in [2.05, 4.69) is 27.9 Å². The minimum atomic E-state index is -1.04. The molecule has 2 N–H and O–H groups in total. The third-order valence-corrected chi connectivity index (χ3v) is 3.79. The van der Waals surface area contributed by atoms with Crippen LogP contribution in [0.25, 0.3) is 0 Å². The molecule has 2 amide bonds. The second kappa shape index (κ2) is 13.4. The van der Waals surface area contributed by atoms with E-state index >= 15 is 0 Å². The van der Waals surface area contributed by atoms with Gasteiger partial charge in [0.25, 0.3) is 0 Å². The van der Waals surface area contributed by atoms with Gasteiger partial charge in [-0.2, -0.15) is 0 Å². The van der Waals surface area contributed by atoms with Crippen LogP contribution in [0.3, 0.4) is 0 Å². The first-order valence-electron chi connectivity index (χ1n) is 8.06. The first kappa shape index (κ1) is 24.2. The van der Waals surface area contributed by atoms with Gasteiger partial charge in [0.2, 0.25) is 5.91 Å². The first-order chi connectivity index (χ1) is 12.2. The van der Waals surface area contributed by atoms with Crippen molar-refractivity contribution in [3.05, 3.63) is 39.5 Å². The molecule has 0 aromatic heterocycles. The maximum absolute atomic E-state index is 11.7. The molecule has 0 saturated carbocycles. The molecule has 0 atom stereocenters. The molecule has 0 spiro atoms. The Morgan fingerprint density at radius 1 is 1.23 bits per heavy atom. The highest BCUT2D eigenvalue weighted by molar-refractivity contribution is 14.1. The number of ether oxygens (including phenoxy) is 1. The predicted molar refractivity (Wildman–Crippen MR) is 112 cm³/mol. The summed E-state index contributed by atoms with van der Waals surface area (Å²) in [4.78, 5) is 25.6. The van der Waals surface area contributed by atoms with Gasteiger partial charge < -0.3 is 25.0 Å². The predicted octanol–water partition coefficient (Wildman–Crippen LogP) is 2.52. The summed E-state index contributed by atoms with van der Waals surface area (Å²) < 4.78 is 6.63. The molecule has 146 valence electrons. The second-order valence-electron chi connectivity index (χ2n) is 5.62. The molecule has 0 unspecified atom stereocenters. The largest absolute Gasteiger partial charge is 0.492 e. The van der Waals surface area contributed by atoms with Gasteiger partial charge in [-0.25, -0.2) is 4.79 Å². The van der Waals surface area contributed by atoms with Gasteiger partial charge in [-0.15, -0.1) is 0 Å². The fraction of sp³-hybridized carbons (Fsp3) is 0.444. The Balaban J connectivity index is 0.00000194. The molecular formula is C18H28IN3O4. The van der Waals surface area contributed by atoms with Crippen molar-refractivity contribution < 1.29 is 19.4 Å². The summed E-state index contributed by atoms with van der Waals surface area (Å²) >= 11 is 2.20. The van der Waals surface area contributed by atoms with Gasteiger partial charge in [-0.05, 0) is 67.9 Å². The van der Waals surface area contributed by atoms with Gasteiger partial charge >= 0.3 is 6.09 Å². The molecule has 7 nitrogen and oxygen atoms in total. The van der Waals surface area contributed by atoms with Gasteiger partial charge in [-0.3, -0.25) is 4.79 Å². The summed E-state index contributed by atoms with van der Waals surface area (Å²) in [6, 6.07) is 7.52. The number of halogens is 1. The highest BCUT2D eigenvalue weighted by Crippen LogP contribution is 2.13. The van der Waals surface area contributed by atoms with E-state index in [1.165, 1.54) is 9.80 Å². The minimum Gasteiger partial charge on any atom is -0.492 e. The molecular weight excluding hydrogens is 449 g/mol. The average Bonchev–Trinajstić information content (AvgIpc) is 2.58. The van der Waals surface area contributed by atoms with Crippen LogP contribution < -0.4 is 10.1 Å². The van der Waals surface area contributed by atoms with Crippen LogP contribution >= 0.6 is 22.6 Å². The monoisotopic (exact) mass is 477 g/mol. The third kappa shape index (κ3) is 10.2. The van der Waals surface area contributed by atoms with E-state index in [4.69, 9.17) is 4.74 Å². The number of carbonyl (C=O) groups excluding carboxylic acids is 1. The molecule has 26 heavy (non-hydrogen) atoms. The third-order valence-electron chi connectivity index (χ3n) is 3.08. The van der Waals surface area contributed by atoms with E-state index in [9.17, 15) is 14.7 Å². The van der Waals surface area contributed by atoms with Crippen molar-refractivity contribution in [3.8, 4) is 5.75 Å². The van der Waals surface area contributed by atoms with E-state index in [-0.39, 0.29) is 25.6 Å². The van der Waals surface area contributed by atoms with Crippen LogP contribution in [-0.2, 0) is 4.79 Å². The number of nitrogens with one attached hydrogen (secondary N) is 1. The van der Waals surface area contributed by atoms with Crippen LogP contribution in [-0.4, -0.2) is 74.8 Å². The van der Waals surface area contributed by atoms with E-state index < -0.39 is 6.09 Å². The number of likely N-dealkylation sites (N-methyl/N-ethyl adjacent to an activating group) is 1. The fourth-order valence-electron chi connectivity index (χ4n) is 1.76. The number of benzene rings is 1. The van der Waals surface area contributed by atoms with Gasteiger partial charge in [0.05, 0.1) is 6.54 Å². The van der Waals surface area contributed by atoms with E-state index in [1.54, 1.807) is 27.1 Å². The van der Waals surface area contributed by atoms with E-state index in [0.717, 1.165) is 3.57 Å². The molecule has 1 aromatic rings. The number of carboxylic acid groups (broad SMARTS) is 1. The summed E-state index contributed by atoms with van der Waals surface area (Å²) in [6.45, 7) is 2.30. The van der Waals surface area contributed by atoms with Gasteiger partial charge in [0, 0.05) is 29.8 Å². The number of carbonyl (C=O) groups is 2. The van der Waals surface area contributed by atoms with Crippen molar-refractivity contribution in [1.29, 1.82) is 0 Å². The van der Waals surface area contributed by atoms with Crippen LogP contribution in [0.2, 0.25) is 0 Å². The molecule has 0 saturated heterocycles. The maximum Gasteiger partial charge on any atom is 0.407 e. The molecule has 0 bridgehead atoms. The van der Waals surface area contributed by atoms with E-state index in [0.29, 0.717) is 11.3 Å². The van der Waals surface area contributed by atoms with Crippen LogP contribution in [0.15, 0.2) is 35.9 Å². The highest BCUT2D eigenvalue weighted by Gasteiger charge is 2.12. The molecule has 0 aliphatic heterocycles. The number of nitrogens with zero attached hydrogens (tertiary/aromatic N) is 2. The average molecular weight is 477 g/mol. The van der Waals surface area contributed by atoms with Crippen LogP contribution in [0.5, 0.6) is 5.75 Å². The maximum atomic E-state index is 11.7. The normalized spacial score (nSPS) is 10.5. The van der Waals surface area contributed by atoms with Crippen molar-refractivity contribution in [1.82, 2.24) is 15.1 Å². The van der Waals surface area contributed by atoms with Crippen molar-refractivity contribution >= 4 is 34.6 Å². The Morgan fingerprint density at radius 2 is 1.77 bits per heavy atom. The number of rotatable bonds is 7. The lowest BCUT2D eigenvalue weighted by molar-refractivity contribution is -0.124. The van der Waals surface area contributed by atoms with E-state index in [1.807, 2.05) is 38.4 Å². The highest BCUT2D eigenvalue weighted by atomic mass is 127. The summed E-state index contributed by atoms with van der Waals surface area (Å²) in [7, 11) is 7.06. The zero-order valence-corrected chi connectivity index (χ0v) is 18.1. The lowest BCUT2D eigenvalue weighted by Gasteiger charge is -2.18. The molecule has 0 fully saturated rings. The smallest absolute Gasteiger partial charge is 0.407 e. The lowest BCUT2D eigenvalue weighted by Crippen LogP contribution is -2.34. The molecule has 1 aromatic carbocycles. The zero-order chi connectivity index (χ0) is 20.1. The van der Waals surface area contributed by atoms with Crippen molar-refractivity contribution in [2.75, 3.05) is 47.9 Å². The molecule has 0 radical (unpaired) electrons. The van der Waals surface area contributed by atoms with Crippen molar-refractivity contribution in [2.24, 2.45) is 0 Å². The Labute approximate surface area is 169 Å². The Morgan fingerprint density at radius 3 is 2.23 bits per heavy atom. The van der Waals surface area contributed by atoms with Gasteiger partial charge in [0.15, 0.2) is 0 Å². The first-order valence-corrected chi connectivity index (χ1v) is 9.13. The van der Waals surface area contributed by atoms with Crippen LogP contribution in [0.4, 0.5) is 4.79 Å². The Hall–Kier alpha value is -1.81. The van der Waals surface area contributed by atoms with Crippen molar-refractivity contribution in [2.45, 2.75) is 6.92 Å². The number of amides is 2. The number of hydrogen-bond donors (Lipinski definition) is 2. The number of hydrogen-bond acceptors (Lipinski definition) is 4. The molecule has 0 aliphatic carbocycles. The molecule has 0 heterocycles. The summed E-state index contributed by atoms with van der Waals surface area (Å²) in [5.74, 6) is 0.566. The minimum absolute atomic E-state index is 0.134.